The van der Waals surface area contributed by atoms with E-state index in [4.69, 9.17) is 10.6 Å². The molecule has 1 heterocycles. The van der Waals surface area contributed by atoms with Gasteiger partial charge in [-0.05, 0) is 39.5 Å². The maximum Gasteiger partial charge on any atom is 0.0823 e. The second-order valence-electron chi connectivity index (χ2n) is 4.50. The highest BCUT2D eigenvalue weighted by atomic mass is 16.5. The summed E-state index contributed by atoms with van der Waals surface area (Å²) in [5, 5.41) is 0. The summed E-state index contributed by atoms with van der Waals surface area (Å²) in [4.78, 5) is 0. The summed E-state index contributed by atoms with van der Waals surface area (Å²) in [6.07, 6.45) is 4.35. The summed E-state index contributed by atoms with van der Waals surface area (Å²) in [7, 11) is 0. The first-order valence-electron chi connectivity index (χ1n) is 5.33. The molecule has 2 unspecified atom stereocenters. The molecule has 3 heteroatoms. The van der Waals surface area contributed by atoms with E-state index in [1.807, 2.05) is 6.92 Å². The average Bonchev–Trinajstić information content (AvgIpc) is 2.15. The molecule has 14 heavy (non-hydrogen) atoms. The highest BCUT2D eigenvalue weighted by Gasteiger charge is 2.35. The standard InChI is InChI=1S/C11H22N2O/c1-9(2)8-10(13-12)11(3)6-4-5-7-14-11/h10,13H,1,4-8,12H2,2-3H3. The average molecular weight is 198 g/mol. The molecule has 1 saturated heterocycles. The summed E-state index contributed by atoms with van der Waals surface area (Å²) in [6, 6.07) is 0.181. The van der Waals surface area contributed by atoms with Crippen molar-refractivity contribution in [3.63, 3.8) is 0 Å². The Balaban J connectivity index is 2.60. The predicted molar refractivity (Wildman–Crippen MR) is 58.8 cm³/mol. The van der Waals surface area contributed by atoms with Crippen LogP contribution in [0.5, 0.6) is 0 Å². The van der Waals surface area contributed by atoms with Crippen LogP contribution in [0.2, 0.25) is 0 Å². The minimum atomic E-state index is -0.119. The van der Waals surface area contributed by atoms with Crippen LogP contribution in [0, 0.1) is 0 Å². The number of nitrogens with two attached hydrogens (primary N) is 1. The predicted octanol–water partition coefficient (Wildman–Crippen LogP) is 1.74. The molecule has 0 spiro atoms. The fraction of sp³-hybridized carbons (Fsp3) is 0.818. The zero-order chi connectivity index (χ0) is 10.6. The van der Waals surface area contributed by atoms with Crippen molar-refractivity contribution in [2.24, 2.45) is 5.84 Å². The van der Waals surface area contributed by atoms with E-state index in [1.165, 1.54) is 12.8 Å². The first kappa shape index (κ1) is 11.7. The second-order valence-corrected chi connectivity index (χ2v) is 4.50. The van der Waals surface area contributed by atoms with Crippen LogP contribution < -0.4 is 11.3 Å². The lowest BCUT2D eigenvalue weighted by Crippen LogP contribution is -2.54. The molecule has 2 atom stereocenters. The highest BCUT2D eigenvalue weighted by Crippen LogP contribution is 2.30. The van der Waals surface area contributed by atoms with Gasteiger partial charge in [-0.3, -0.25) is 11.3 Å². The molecule has 1 aliphatic rings. The molecule has 0 amide bonds. The Morgan fingerprint density at radius 2 is 2.36 bits per heavy atom. The van der Waals surface area contributed by atoms with Crippen molar-refractivity contribution in [2.75, 3.05) is 6.61 Å². The number of nitrogens with one attached hydrogen (secondary N) is 1. The van der Waals surface area contributed by atoms with E-state index in [9.17, 15) is 0 Å². The lowest BCUT2D eigenvalue weighted by molar-refractivity contribution is -0.0884. The maximum absolute atomic E-state index is 5.84. The SMILES string of the molecule is C=C(C)CC(NN)C1(C)CCCCO1. The largest absolute Gasteiger partial charge is 0.374 e. The van der Waals surface area contributed by atoms with E-state index in [1.54, 1.807) is 0 Å². The highest BCUT2D eigenvalue weighted by molar-refractivity contribution is 5.00. The van der Waals surface area contributed by atoms with E-state index in [-0.39, 0.29) is 11.6 Å². The first-order chi connectivity index (χ1) is 6.58. The molecule has 0 aromatic carbocycles. The molecule has 0 bridgehead atoms. The molecule has 1 fully saturated rings. The van der Waals surface area contributed by atoms with Crippen LogP contribution in [0.4, 0.5) is 0 Å². The summed E-state index contributed by atoms with van der Waals surface area (Å²) < 4.78 is 5.84. The van der Waals surface area contributed by atoms with Gasteiger partial charge in [-0.15, -0.1) is 6.58 Å². The molecular weight excluding hydrogens is 176 g/mol. The molecule has 0 aliphatic carbocycles. The van der Waals surface area contributed by atoms with Gasteiger partial charge in [0.05, 0.1) is 11.6 Å². The van der Waals surface area contributed by atoms with Gasteiger partial charge >= 0.3 is 0 Å². The zero-order valence-electron chi connectivity index (χ0n) is 9.31. The molecule has 0 aromatic rings. The van der Waals surface area contributed by atoms with Crippen molar-refractivity contribution in [1.29, 1.82) is 0 Å². The molecule has 3 nitrogen and oxygen atoms in total. The van der Waals surface area contributed by atoms with Gasteiger partial charge in [0, 0.05) is 6.61 Å². The second kappa shape index (κ2) is 4.91. The molecule has 3 N–H and O–H groups in total. The van der Waals surface area contributed by atoms with Gasteiger partial charge in [-0.2, -0.15) is 0 Å². The Bertz CT molecular complexity index is 197. The molecular formula is C11H22N2O. The smallest absolute Gasteiger partial charge is 0.0823 e. The molecule has 82 valence electrons. The van der Waals surface area contributed by atoms with E-state index in [2.05, 4.69) is 18.9 Å². The minimum absolute atomic E-state index is 0.119. The van der Waals surface area contributed by atoms with Gasteiger partial charge in [0.25, 0.3) is 0 Å². The quantitative estimate of drug-likeness (QED) is 0.411. The Morgan fingerprint density at radius 3 is 2.79 bits per heavy atom. The number of rotatable bonds is 4. The maximum atomic E-state index is 5.84. The van der Waals surface area contributed by atoms with Gasteiger partial charge < -0.3 is 4.74 Å². The van der Waals surface area contributed by atoms with E-state index in [0.29, 0.717) is 0 Å². The van der Waals surface area contributed by atoms with Crippen molar-refractivity contribution in [3.05, 3.63) is 12.2 Å². The van der Waals surface area contributed by atoms with Gasteiger partial charge in [0.1, 0.15) is 0 Å². The van der Waals surface area contributed by atoms with E-state index in [0.717, 1.165) is 25.0 Å². The number of hydrogen-bond acceptors (Lipinski definition) is 3. The van der Waals surface area contributed by atoms with Crippen LogP contribution in [0.3, 0.4) is 0 Å². The van der Waals surface area contributed by atoms with E-state index >= 15 is 0 Å². The molecule has 0 radical (unpaired) electrons. The summed E-state index contributed by atoms with van der Waals surface area (Å²) >= 11 is 0. The van der Waals surface area contributed by atoms with Crippen molar-refractivity contribution < 1.29 is 4.74 Å². The third kappa shape index (κ3) is 2.80. The van der Waals surface area contributed by atoms with E-state index < -0.39 is 0 Å². The third-order valence-corrected chi connectivity index (χ3v) is 2.99. The van der Waals surface area contributed by atoms with Crippen molar-refractivity contribution >= 4 is 0 Å². The summed E-state index contributed by atoms with van der Waals surface area (Å²) in [5.41, 5.74) is 3.88. The van der Waals surface area contributed by atoms with Crippen LogP contribution in [-0.2, 0) is 4.74 Å². The molecule has 0 saturated carbocycles. The fourth-order valence-electron chi connectivity index (χ4n) is 2.03. The van der Waals surface area contributed by atoms with Crippen LogP contribution >= 0.6 is 0 Å². The summed E-state index contributed by atoms with van der Waals surface area (Å²) in [5.74, 6) is 5.57. The van der Waals surface area contributed by atoms with Crippen molar-refractivity contribution in [3.8, 4) is 0 Å². The van der Waals surface area contributed by atoms with Gasteiger partial charge in [-0.25, -0.2) is 0 Å². The van der Waals surface area contributed by atoms with Crippen molar-refractivity contribution in [1.82, 2.24) is 5.43 Å². The van der Waals surface area contributed by atoms with Crippen LogP contribution in [0.1, 0.15) is 39.5 Å². The number of ether oxygens (including phenoxy) is 1. The Hall–Kier alpha value is -0.380. The van der Waals surface area contributed by atoms with Gasteiger partial charge in [-0.1, -0.05) is 5.57 Å². The lowest BCUT2D eigenvalue weighted by Gasteiger charge is -2.40. The molecule has 0 aromatic heterocycles. The van der Waals surface area contributed by atoms with Crippen LogP contribution in [-0.4, -0.2) is 18.2 Å². The number of hydrazine groups is 1. The van der Waals surface area contributed by atoms with Crippen LogP contribution in [0.25, 0.3) is 0 Å². The third-order valence-electron chi connectivity index (χ3n) is 2.99. The fourth-order valence-corrected chi connectivity index (χ4v) is 2.03. The van der Waals surface area contributed by atoms with Gasteiger partial charge in [0.15, 0.2) is 0 Å². The Labute approximate surface area is 86.7 Å². The topological polar surface area (TPSA) is 47.3 Å². The van der Waals surface area contributed by atoms with Crippen molar-refractivity contribution in [2.45, 2.75) is 51.2 Å². The Kier molecular flexibility index (Phi) is 4.11. The Morgan fingerprint density at radius 1 is 1.64 bits per heavy atom. The minimum Gasteiger partial charge on any atom is -0.374 e. The molecule has 1 rings (SSSR count). The first-order valence-corrected chi connectivity index (χ1v) is 5.33. The lowest BCUT2D eigenvalue weighted by atomic mass is 9.85. The van der Waals surface area contributed by atoms with Gasteiger partial charge in [0.2, 0.25) is 0 Å². The number of hydrogen-bond donors (Lipinski definition) is 2. The zero-order valence-corrected chi connectivity index (χ0v) is 9.31. The normalized spacial score (nSPS) is 29.9. The monoisotopic (exact) mass is 198 g/mol. The molecule has 1 aliphatic heterocycles. The van der Waals surface area contributed by atoms with Crippen LogP contribution in [0.15, 0.2) is 12.2 Å². The summed E-state index contributed by atoms with van der Waals surface area (Å²) in [6.45, 7) is 8.93.